The molecular formula is C11H8N4. The predicted molar refractivity (Wildman–Crippen MR) is 60.5 cm³/mol. The highest BCUT2D eigenvalue weighted by Gasteiger charge is 2.07. The maximum Gasteiger partial charge on any atom is 0.116 e. The Labute approximate surface area is 86.4 Å². The van der Waals surface area contributed by atoms with Crippen LogP contribution in [0.3, 0.4) is 0 Å². The van der Waals surface area contributed by atoms with E-state index >= 15 is 0 Å². The van der Waals surface area contributed by atoms with Gasteiger partial charge in [-0.3, -0.25) is 15.0 Å². The number of hydrogen-bond donors (Lipinski definition) is 1. The average molecular weight is 196 g/mol. The highest BCUT2D eigenvalue weighted by molar-refractivity contribution is 5.97. The van der Waals surface area contributed by atoms with E-state index < -0.39 is 0 Å². The number of benzene rings is 1. The minimum Gasteiger partial charge on any atom is -0.360 e. The zero-order valence-electron chi connectivity index (χ0n) is 7.88. The first-order chi connectivity index (χ1) is 7.45. The van der Waals surface area contributed by atoms with E-state index in [-0.39, 0.29) is 0 Å². The van der Waals surface area contributed by atoms with Crippen LogP contribution in [0.1, 0.15) is 0 Å². The largest absolute Gasteiger partial charge is 0.360 e. The van der Waals surface area contributed by atoms with Crippen molar-refractivity contribution in [1.29, 1.82) is 0 Å². The third-order valence-electron chi connectivity index (χ3n) is 2.24. The van der Waals surface area contributed by atoms with Crippen molar-refractivity contribution >= 4 is 28.6 Å². The van der Waals surface area contributed by atoms with Crippen LogP contribution in [0.5, 0.6) is 0 Å². The quantitative estimate of drug-likeness (QED) is 0.703. The molecule has 0 amide bonds. The predicted octanol–water partition coefficient (Wildman–Crippen LogP) is 2.27. The molecule has 1 aromatic heterocycles. The molecule has 0 unspecified atom stereocenters. The molecule has 0 saturated carbocycles. The fraction of sp³-hybridized carbons (Fsp3) is 0. The van der Waals surface area contributed by atoms with E-state index in [4.69, 9.17) is 0 Å². The summed E-state index contributed by atoms with van der Waals surface area (Å²) in [4.78, 5) is 12.9. The number of rotatable bonds is 0. The Morgan fingerprint density at radius 3 is 3.00 bits per heavy atom. The van der Waals surface area contributed by atoms with Gasteiger partial charge in [0.25, 0.3) is 0 Å². The van der Waals surface area contributed by atoms with Crippen molar-refractivity contribution in [2.45, 2.75) is 0 Å². The first-order valence-corrected chi connectivity index (χ1v) is 4.64. The van der Waals surface area contributed by atoms with Gasteiger partial charge < -0.3 is 5.32 Å². The molecule has 72 valence electrons. The molecule has 1 N–H and O–H groups in total. The minimum absolute atomic E-state index is 0.822. The summed E-state index contributed by atoms with van der Waals surface area (Å²) in [5.41, 5.74) is 3.47. The molecule has 0 aliphatic carbocycles. The second kappa shape index (κ2) is 3.16. The minimum atomic E-state index is 0.822. The second-order valence-electron chi connectivity index (χ2n) is 3.17. The standard InChI is InChI=1S/C11H8N4/c1-4-12-8-2-3-9-11(10(8)14-5-1)15-7-6-13-9/h1-7,12H. The molecule has 1 aliphatic rings. The topological polar surface area (TPSA) is 50.2 Å². The van der Waals surface area contributed by atoms with Gasteiger partial charge in [-0.2, -0.15) is 0 Å². The monoisotopic (exact) mass is 196 g/mol. The van der Waals surface area contributed by atoms with Crippen molar-refractivity contribution in [2.24, 2.45) is 4.99 Å². The summed E-state index contributed by atoms with van der Waals surface area (Å²) in [5.74, 6) is 0. The van der Waals surface area contributed by atoms with Gasteiger partial charge in [-0.05, 0) is 18.2 Å². The van der Waals surface area contributed by atoms with Crippen LogP contribution in [0, 0.1) is 0 Å². The number of nitrogens with zero attached hydrogens (tertiary/aromatic N) is 3. The molecule has 0 radical (unpaired) electrons. The Morgan fingerprint density at radius 1 is 1.07 bits per heavy atom. The van der Waals surface area contributed by atoms with E-state index in [1.165, 1.54) is 0 Å². The SMILES string of the molecule is C1=CNc2ccc3nccnc3c2N=C1. The van der Waals surface area contributed by atoms with Crippen LogP contribution >= 0.6 is 0 Å². The van der Waals surface area contributed by atoms with Gasteiger partial charge in [-0.1, -0.05) is 0 Å². The van der Waals surface area contributed by atoms with Crippen molar-refractivity contribution in [2.75, 3.05) is 5.32 Å². The van der Waals surface area contributed by atoms with Crippen molar-refractivity contribution in [1.82, 2.24) is 9.97 Å². The zero-order valence-corrected chi connectivity index (χ0v) is 7.88. The number of aliphatic imine (C=N–C) groups is 1. The molecule has 0 saturated heterocycles. The van der Waals surface area contributed by atoms with Crippen LogP contribution in [-0.2, 0) is 0 Å². The molecule has 15 heavy (non-hydrogen) atoms. The zero-order chi connectivity index (χ0) is 10.1. The van der Waals surface area contributed by atoms with E-state index in [0.717, 1.165) is 22.4 Å². The Hall–Kier alpha value is -2.23. The lowest BCUT2D eigenvalue weighted by Gasteiger charge is -2.05. The van der Waals surface area contributed by atoms with E-state index in [1.807, 2.05) is 24.4 Å². The molecule has 0 fully saturated rings. The number of anilines is 1. The summed E-state index contributed by atoms with van der Waals surface area (Å²) in [6.45, 7) is 0. The van der Waals surface area contributed by atoms with Gasteiger partial charge >= 0.3 is 0 Å². The van der Waals surface area contributed by atoms with Crippen molar-refractivity contribution in [3.8, 4) is 0 Å². The van der Waals surface area contributed by atoms with Crippen LogP contribution in [0.25, 0.3) is 11.0 Å². The van der Waals surface area contributed by atoms with Gasteiger partial charge in [0, 0.05) is 24.8 Å². The van der Waals surface area contributed by atoms with Crippen molar-refractivity contribution in [3.05, 3.63) is 36.8 Å². The first-order valence-electron chi connectivity index (χ1n) is 4.64. The molecule has 2 aromatic rings. The molecule has 4 heteroatoms. The smallest absolute Gasteiger partial charge is 0.116 e. The third kappa shape index (κ3) is 1.27. The van der Waals surface area contributed by atoms with Crippen molar-refractivity contribution < 1.29 is 0 Å². The van der Waals surface area contributed by atoms with Crippen LogP contribution in [0.2, 0.25) is 0 Å². The molecule has 1 aromatic carbocycles. The number of hydrogen-bond acceptors (Lipinski definition) is 4. The summed E-state index contributed by atoms with van der Waals surface area (Å²) >= 11 is 0. The van der Waals surface area contributed by atoms with E-state index in [0.29, 0.717) is 0 Å². The third-order valence-corrected chi connectivity index (χ3v) is 2.24. The first kappa shape index (κ1) is 8.11. The lowest BCUT2D eigenvalue weighted by atomic mass is 10.2. The molecule has 4 nitrogen and oxygen atoms in total. The lowest BCUT2D eigenvalue weighted by Crippen LogP contribution is -1.89. The Kier molecular flexibility index (Phi) is 1.71. The highest BCUT2D eigenvalue weighted by atomic mass is 14.9. The summed E-state index contributed by atoms with van der Waals surface area (Å²) in [7, 11) is 0. The van der Waals surface area contributed by atoms with E-state index in [2.05, 4.69) is 20.3 Å². The Morgan fingerprint density at radius 2 is 2.00 bits per heavy atom. The van der Waals surface area contributed by atoms with Gasteiger partial charge in [-0.25, -0.2) is 0 Å². The fourth-order valence-electron chi connectivity index (χ4n) is 1.57. The number of fused-ring (bicyclic) bond motifs is 3. The lowest BCUT2D eigenvalue weighted by molar-refractivity contribution is 1.29. The van der Waals surface area contributed by atoms with E-state index in [9.17, 15) is 0 Å². The molecule has 0 spiro atoms. The molecule has 0 bridgehead atoms. The molecule has 1 aliphatic heterocycles. The maximum absolute atomic E-state index is 4.34. The average Bonchev–Trinajstić information content (AvgIpc) is 2.54. The van der Waals surface area contributed by atoms with Crippen molar-refractivity contribution in [3.63, 3.8) is 0 Å². The maximum atomic E-state index is 4.34. The van der Waals surface area contributed by atoms with Gasteiger partial charge in [0.05, 0.1) is 11.2 Å². The van der Waals surface area contributed by atoms with Crippen LogP contribution in [0.4, 0.5) is 11.4 Å². The van der Waals surface area contributed by atoms with Crippen LogP contribution in [-0.4, -0.2) is 16.2 Å². The molecule has 2 heterocycles. The highest BCUT2D eigenvalue weighted by Crippen LogP contribution is 2.32. The number of nitrogens with one attached hydrogen (secondary N) is 1. The summed E-state index contributed by atoms with van der Waals surface area (Å²) < 4.78 is 0. The Balaban J connectivity index is 2.38. The van der Waals surface area contributed by atoms with Gasteiger partial charge in [-0.15, -0.1) is 0 Å². The number of aromatic nitrogens is 2. The fourth-order valence-corrected chi connectivity index (χ4v) is 1.57. The number of allylic oxidation sites excluding steroid dienone is 1. The summed E-state index contributed by atoms with van der Waals surface area (Å²) in [6, 6.07) is 3.89. The summed E-state index contributed by atoms with van der Waals surface area (Å²) in [6.07, 6.45) is 8.80. The van der Waals surface area contributed by atoms with Gasteiger partial charge in [0.15, 0.2) is 0 Å². The van der Waals surface area contributed by atoms with Gasteiger partial charge in [0.2, 0.25) is 0 Å². The molecule has 0 atom stereocenters. The van der Waals surface area contributed by atoms with Crippen LogP contribution < -0.4 is 5.32 Å². The second-order valence-corrected chi connectivity index (χ2v) is 3.17. The Bertz CT molecular complexity index is 572. The van der Waals surface area contributed by atoms with Crippen LogP contribution in [0.15, 0.2) is 41.8 Å². The molecule has 3 rings (SSSR count). The summed E-state index contributed by atoms with van der Waals surface area (Å²) in [5, 5.41) is 3.14. The molecular weight excluding hydrogens is 188 g/mol. The van der Waals surface area contributed by atoms with E-state index in [1.54, 1.807) is 18.6 Å². The normalized spacial score (nSPS) is 13.3. The van der Waals surface area contributed by atoms with Gasteiger partial charge in [0.1, 0.15) is 11.2 Å².